The molecule has 1 fully saturated rings. The molecule has 0 aromatic heterocycles. The van der Waals surface area contributed by atoms with E-state index in [1.807, 2.05) is 13.8 Å². The summed E-state index contributed by atoms with van der Waals surface area (Å²) in [5.74, 6) is -0.379. The van der Waals surface area contributed by atoms with Gasteiger partial charge in [0, 0.05) is 19.3 Å². The molecule has 3 N–H and O–H groups in total. The fraction of sp³-hybridized carbons (Fsp3) is 0.909. The van der Waals surface area contributed by atoms with Crippen molar-refractivity contribution < 1.29 is 14.6 Å². The van der Waals surface area contributed by atoms with Gasteiger partial charge in [0.05, 0.1) is 6.42 Å². The fourth-order valence-corrected chi connectivity index (χ4v) is 2.22. The molecule has 0 bridgehead atoms. The molecule has 4 heteroatoms. The van der Waals surface area contributed by atoms with Gasteiger partial charge in [0.25, 0.3) is 0 Å². The summed E-state index contributed by atoms with van der Waals surface area (Å²) < 4.78 is 5.27. The third-order valence-electron chi connectivity index (χ3n) is 3.28. The fourth-order valence-electron chi connectivity index (χ4n) is 2.22. The zero-order valence-corrected chi connectivity index (χ0v) is 9.53. The summed E-state index contributed by atoms with van der Waals surface area (Å²) in [4.78, 5) is 10.7. The van der Waals surface area contributed by atoms with Gasteiger partial charge in [0.1, 0.15) is 0 Å². The molecule has 0 aromatic carbocycles. The van der Waals surface area contributed by atoms with Crippen LogP contribution in [0.3, 0.4) is 0 Å². The van der Waals surface area contributed by atoms with Crippen LogP contribution in [0.25, 0.3) is 0 Å². The maximum atomic E-state index is 10.7. The summed E-state index contributed by atoms with van der Waals surface area (Å²) in [6.45, 7) is 5.37. The van der Waals surface area contributed by atoms with Gasteiger partial charge < -0.3 is 15.6 Å². The van der Waals surface area contributed by atoms with Crippen LogP contribution in [0, 0.1) is 11.3 Å². The van der Waals surface area contributed by atoms with Crippen LogP contribution in [0.5, 0.6) is 0 Å². The minimum Gasteiger partial charge on any atom is -0.481 e. The van der Waals surface area contributed by atoms with Gasteiger partial charge in [-0.2, -0.15) is 0 Å². The summed E-state index contributed by atoms with van der Waals surface area (Å²) in [6.07, 6.45) is 2.03. The zero-order chi connectivity index (χ0) is 11.5. The van der Waals surface area contributed by atoms with E-state index in [1.54, 1.807) is 0 Å². The van der Waals surface area contributed by atoms with Crippen LogP contribution in [0.15, 0.2) is 0 Å². The molecular weight excluding hydrogens is 194 g/mol. The summed E-state index contributed by atoms with van der Waals surface area (Å²) in [5.41, 5.74) is 5.82. The molecule has 1 atom stereocenters. The lowest BCUT2D eigenvalue weighted by molar-refractivity contribution is -0.139. The van der Waals surface area contributed by atoms with Crippen LogP contribution in [0.1, 0.15) is 33.1 Å². The molecule has 88 valence electrons. The second-order valence-electron chi connectivity index (χ2n) is 5.03. The van der Waals surface area contributed by atoms with E-state index in [1.165, 1.54) is 0 Å². The molecule has 15 heavy (non-hydrogen) atoms. The van der Waals surface area contributed by atoms with Crippen molar-refractivity contribution in [2.45, 2.75) is 39.2 Å². The Morgan fingerprint density at radius 1 is 1.53 bits per heavy atom. The first-order chi connectivity index (χ1) is 6.93. The maximum Gasteiger partial charge on any atom is 0.303 e. The maximum absolute atomic E-state index is 10.7. The molecule has 1 rings (SSSR count). The largest absolute Gasteiger partial charge is 0.481 e. The first-order valence-corrected chi connectivity index (χ1v) is 5.48. The average Bonchev–Trinajstić information content (AvgIpc) is 2.16. The molecule has 4 nitrogen and oxygen atoms in total. The number of nitrogens with two attached hydrogens (primary N) is 1. The van der Waals surface area contributed by atoms with E-state index in [0.717, 1.165) is 26.1 Å². The van der Waals surface area contributed by atoms with Crippen molar-refractivity contribution in [3.63, 3.8) is 0 Å². The molecule has 0 amide bonds. The smallest absolute Gasteiger partial charge is 0.303 e. The Labute approximate surface area is 90.8 Å². The lowest BCUT2D eigenvalue weighted by atomic mass is 9.73. The van der Waals surface area contributed by atoms with Crippen LogP contribution >= 0.6 is 0 Å². The Balaban J connectivity index is 2.55. The highest BCUT2D eigenvalue weighted by Crippen LogP contribution is 2.32. The number of aliphatic carboxylic acids is 1. The first-order valence-electron chi connectivity index (χ1n) is 5.48. The lowest BCUT2D eigenvalue weighted by Crippen LogP contribution is -2.46. The predicted molar refractivity (Wildman–Crippen MR) is 57.6 cm³/mol. The van der Waals surface area contributed by atoms with E-state index >= 15 is 0 Å². The molecule has 1 saturated heterocycles. The number of rotatable bonds is 4. The Kier molecular flexibility index (Phi) is 4.11. The molecule has 1 aliphatic rings. The van der Waals surface area contributed by atoms with E-state index in [0.29, 0.717) is 5.92 Å². The third-order valence-corrected chi connectivity index (χ3v) is 3.28. The number of carboxylic acid groups (broad SMARTS) is 1. The van der Waals surface area contributed by atoms with Crippen molar-refractivity contribution in [2.75, 3.05) is 13.2 Å². The highest BCUT2D eigenvalue weighted by atomic mass is 16.5. The van der Waals surface area contributed by atoms with Gasteiger partial charge in [-0.1, -0.05) is 13.8 Å². The van der Waals surface area contributed by atoms with E-state index < -0.39 is 5.97 Å². The molecular formula is C11H21NO3. The highest BCUT2D eigenvalue weighted by Gasteiger charge is 2.35. The van der Waals surface area contributed by atoms with Crippen molar-refractivity contribution >= 4 is 5.97 Å². The number of hydrogen-bond donors (Lipinski definition) is 2. The van der Waals surface area contributed by atoms with Crippen molar-refractivity contribution in [3.05, 3.63) is 0 Å². The monoisotopic (exact) mass is 215 g/mol. The zero-order valence-electron chi connectivity index (χ0n) is 9.53. The van der Waals surface area contributed by atoms with Gasteiger partial charge in [-0.05, 0) is 24.2 Å². The number of carbonyl (C=O) groups is 1. The first kappa shape index (κ1) is 12.5. The van der Waals surface area contributed by atoms with Crippen LogP contribution in [0.2, 0.25) is 0 Å². The van der Waals surface area contributed by atoms with Crippen molar-refractivity contribution in [1.29, 1.82) is 0 Å². The number of carboxylic acids is 1. The Morgan fingerprint density at radius 2 is 2.07 bits per heavy atom. The van der Waals surface area contributed by atoms with Crippen LogP contribution < -0.4 is 5.73 Å². The topological polar surface area (TPSA) is 72.5 Å². The van der Waals surface area contributed by atoms with Crippen molar-refractivity contribution in [1.82, 2.24) is 0 Å². The average molecular weight is 215 g/mol. The summed E-state index contributed by atoms with van der Waals surface area (Å²) in [7, 11) is 0. The van der Waals surface area contributed by atoms with E-state index in [9.17, 15) is 4.79 Å². The summed E-state index contributed by atoms with van der Waals surface area (Å²) in [6, 6.07) is -0.0579. The summed E-state index contributed by atoms with van der Waals surface area (Å²) >= 11 is 0. The molecule has 0 aromatic rings. The van der Waals surface area contributed by atoms with Crippen LogP contribution in [-0.4, -0.2) is 30.3 Å². The van der Waals surface area contributed by atoms with Gasteiger partial charge in [0.15, 0.2) is 0 Å². The second kappa shape index (κ2) is 4.94. The molecule has 1 unspecified atom stereocenters. The van der Waals surface area contributed by atoms with E-state index in [2.05, 4.69) is 0 Å². The van der Waals surface area contributed by atoms with Gasteiger partial charge in [-0.25, -0.2) is 0 Å². The molecule has 1 heterocycles. The van der Waals surface area contributed by atoms with E-state index in [4.69, 9.17) is 15.6 Å². The normalized spacial score (nSPS) is 21.3. The molecule has 0 aliphatic carbocycles. The number of hydrogen-bond acceptors (Lipinski definition) is 3. The van der Waals surface area contributed by atoms with Gasteiger partial charge in [0.2, 0.25) is 0 Å². The van der Waals surface area contributed by atoms with Crippen molar-refractivity contribution in [3.8, 4) is 0 Å². The Bertz CT molecular complexity index is 222. The van der Waals surface area contributed by atoms with Gasteiger partial charge in [-0.3, -0.25) is 4.79 Å². The molecule has 0 spiro atoms. The van der Waals surface area contributed by atoms with Crippen LogP contribution in [-0.2, 0) is 9.53 Å². The van der Waals surface area contributed by atoms with Gasteiger partial charge in [-0.15, -0.1) is 0 Å². The van der Waals surface area contributed by atoms with Crippen molar-refractivity contribution in [2.24, 2.45) is 17.1 Å². The third kappa shape index (κ3) is 3.47. The summed E-state index contributed by atoms with van der Waals surface area (Å²) in [5, 5.41) is 8.82. The van der Waals surface area contributed by atoms with Crippen LogP contribution in [0.4, 0.5) is 0 Å². The minimum absolute atomic E-state index is 0.0579. The highest BCUT2D eigenvalue weighted by molar-refractivity contribution is 5.67. The Hall–Kier alpha value is -0.610. The Morgan fingerprint density at radius 3 is 2.53 bits per heavy atom. The van der Waals surface area contributed by atoms with Gasteiger partial charge >= 0.3 is 5.97 Å². The van der Waals surface area contributed by atoms with E-state index in [-0.39, 0.29) is 17.9 Å². The lowest BCUT2D eigenvalue weighted by Gasteiger charge is -2.37. The SMILES string of the molecule is CC(C)(CC(=O)O)C(N)C1CCOCC1. The predicted octanol–water partition coefficient (Wildman–Crippen LogP) is 1.24. The molecule has 1 aliphatic heterocycles. The number of ether oxygens (including phenoxy) is 1. The minimum atomic E-state index is -0.775. The quantitative estimate of drug-likeness (QED) is 0.740. The molecule has 0 radical (unpaired) electrons. The molecule has 0 saturated carbocycles. The second-order valence-corrected chi connectivity index (χ2v) is 5.03. The standard InChI is InChI=1S/C11H21NO3/c1-11(2,7-9(13)14)10(12)8-3-5-15-6-4-8/h8,10H,3-7,12H2,1-2H3,(H,13,14).